The molecule has 50 heavy (non-hydrogen) atoms. The van der Waals surface area contributed by atoms with Crippen LogP contribution in [0.1, 0.15) is 185 Å². The monoisotopic (exact) mass is 697 g/mol. The minimum atomic E-state index is -0.658. The normalized spacial score (nSPS) is 25.3. The Morgan fingerprint density at radius 2 is 1.14 bits per heavy atom. The molecule has 1 heterocycles. The van der Waals surface area contributed by atoms with Crippen LogP contribution < -0.4 is 5.32 Å². The van der Waals surface area contributed by atoms with Crippen LogP contribution in [0.5, 0.6) is 0 Å². The van der Waals surface area contributed by atoms with Gasteiger partial charge < -0.3 is 10.4 Å². The van der Waals surface area contributed by atoms with Gasteiger partial charge in [-0.1, -0.05) is 146 Å². The van der Waals surface area contributed by atoms with Crippen molar-refractivity contribution in [1.29, 1.82) is 0 Å². The van der Waals surface area contributed by atoms with E-state index in [0.29, 0.717) is 35.5 Å². The molecule has 8 atom stereocenters. The first-order valence-electron chi connectivity index (χ1n) is 20.9. The molecular formula is C45H80N2O3. The number of hydrogen-bond donors (Lipinski definition) is 2. The number of nitrogens with one attached hydrogen (secondary N) is 1. The molecule has 2 fully saturated rings. The van der Waals surface area contributed by atoms with Crippen LogP contribution in [0.4, 0.5) is 5.69 Å². The van der Waals surface area contributed by atoms with E-state index in [-0.39, 0.29) is 5.91 Å². The number of anilines is 1. The minimum Gasteiger partial charge on any atom is -0.481 e. The Hall–Kier alpha value is -1.91. The van der Waals surface area contributed by atoms with Crippen LogP contribution in [-0.4, -0.2) is 22.0 Å². The number of amides is 1. The highest BCUT2D eigenvalue weighted by Gasteiger charge is 2.37. The summed E-state index contributed by atoms with van der Waals surface area (Å²) >= 11 is 0. The molecule has 288 valence electrons. The van der Waals surface area contributed by atoms with Crippen molar-refractivity contribution in [3.8, 4) is 0 Å². The van der Waals surface area contributed by atoms with Crippen LogP contribution in [0, 0.1) is 58.2 Å². The molecule has 1 aromatic heterocycles. The highest BCUT2D eigenvalue weighted by atomic mass is 16.4. The zero-order chi connectivity index (χ0) is 37.3. The van der Waals surface area contributed by atoms with Crippen LogP contribution in [0.3, 0.4) is 0 Å². The quantitative estimate of drug-likeness (QED) is 0.151. The molecule has 1 aromatic rings. The lowest BCUT2D eigenvalue weighted by Gasteiger charge is -2.43. The van der Waals surface area contributed by atoms with Gasteiger partial charge in [-0.3, -0.25) is 14.6 Å². The Kier molecular flexibility index (Phi) is 19.7. The van der Waals surface area contributed by atoms with Crippen molar-refractivity contribution in [1.82, 2.24) is 4.98 Å². The van der Waals surface area contributed by atoms with E-state index in [2.05, 4.69) is 79.5 Å². The average Bonchev–Trinajstić information content (AvgIpc) is 3.00. The van der Waals surface area contributed by atoms with Crippen molar-refractivity contribution in [3.63, 3.8) is 0 Å². The van der Waals surface area contributed by atoms with Gasteiger partial charge in [0.05, 0.1) is 0 Å². The number of carboxylic acids is 1. The maximum atomic E-state index is 12.2. The second-order valence-electron chi connectivity index (χ2n) is 19.0. The van der Waals surface area contributed by atoms with E-state index in [1.54, 1.807) is 12.4 Å². The van der Waals surface area contributed by atoms with Crippen LogP contribution in [0.25, 0.3) is 0 Å². The highest BCUT2D eigenvalue weighted by molar-refractivity contribution is 5.90. The van der Waals surface area contributed by atoms with Gasteiger partial charge >= 0.3 is 5.97 Å². The molecule has 0 radical (unpaired) electrons. The number of aromatic nitrogens is 1. The number of carbonyl (C=O) groups excluding carboxylic acids is 1. The molecule has 8 unspecified atom stereocenters. The van der Waals surface area contributed by atoms with Crippen LogP contribution >= 0.6 is 0 Å². The van der Waals surface area contributed by atoms with Crippen molar-refractivity contribution in [2.45, 2.75) is 185 Å². The third kappa shape index (κ3) is 17.1. The minimum absolute atomic E-state index is 0.111. The van der Waals surface area contributed by atoms with E-state index in [1.165, 1.54) is 89.9 Å². The largest absolute Gasteiger partial charge is 0.481 e. The number of rotatable bonds is 19. The first kappa shape index (κ1) is 44.3. The summed E-state index contributed by atoms with van der Waals surface area (Å²) in [7, 11) is 0. The van der Waals surface area contributed by atoms with E-state index >= 15 is 0 Å². The van der Waals surface area contributed by atoms with E-state index in [9.17, 15) is 9.59 Å². The fourth-order valence-corrected chi connectivity index (χ4v) is 9.74. The molecule has 2 saturated carbocycles. The van der Waals surface area contributed by atoms with Crippen molar-refractivity contribution < 1.29 is 14.7 Å². The molecule has 2 N–H and O–H groups in total. The predicted molar refractivity (Wildman–Crippen MR) is 213 cm³/mol. The van der Waals surface area contributed by atoms with Crippen molar-refractivity contribution in [2.75, 3.05) is 5.32 Å². The maximum Gasteiger partial charge on any atom is 0.303 e. The first-order valence-corrected chi connectivity index (χ1v) is 20.9. The molecular weight excluding hydrogens is 617 g/mol. The van der Waals surface area contributed by atoms with Gasteiger partial charge in [0.1, 0.15) is 0 Å². The molecule has 0 aromatic carbocycles. The number of carbonyl (C=O) groups is 2. The third-order valence-electron chi connectivity index (χ3n) is 13.1. The summed E-state index contributed by atoms with van der Waals surface area (Å²) in [5.41, 5.74) is 1.88. The zero-order valence-corrected chi connectivity index (χ0v) is 34.4. The molecule has 2 aliphatic rings. The maximum absolute atomic E-state index is 12.2. The van der Waals surface area contributed by atoms with Gasteiger partial charge in [0.15, 0.2) is 0 Å². The van der Waals surface area contributed by atoms with Gasteiger partial charge in [0.25, 0.3) is 0 Å². The van der Waals surface area contributed by atoms with Gasteiger partial charge in [-0.15, -0.1) is 0 Å². The fourth-order valence-electron chi connectivity index (χ4n) is 9.74. The molecule has 0 aliphatic heterocycles. The van der Waals surface area contributed by atoms with Gasteiger partial charge in [-0.05, 0) is 96.0 Å². The van der Waals surface area contributed by atoms with E-state index in [4.69, 9.17) is 5.11 Å². The van der Waals surface area contributed by atoms with Gasteiger partial charge in [-0.2, -0.15) is 0 Å². The number of aliphatic carboxylic acids is 1. The molecule has 1 amide bonds. The fraction of sp³-hybridized carbons (Fsp3) is 0.844. The second kappa shape index (κ2) is 22.2. The van der Waals surface area contributed by atoms with Crippen LogP contribution in [0.2, 0.25) is 0 Å². The Morgan fingerprint density at radius 3 is 1.56 bits per heavy atom. The van der Waals surface area contributed by atoms with Gasteiger partial charge in [0, 0.05) is 30.9 Å². The third-order valence-corrected chi connectivity index (χ3v) is 13.1. The topological polar surface area (TPSA) is 79.3 Å². The predicted octanol–water partition coefficient (Wildman–Crippen LogP) is 13.2. The lowest BCUT2D eigenvalue weighted by Crippen LogP contribution is -2.33. The summed E-state index contributed by atoms with van der Waals surface area (Å²) in [6.45, 7) is 23.9. The lowest BCUT2D eigenvalue weighted by atomic mass is 9.62. The van der Waals surface area contributed by atoms with Crippen molar-refractivity contribution in [2.24, 2.45) is 58.2 Å². The Bertz CT molecular complexity index is 1090. The molecule has 5 heteroatoms. The molecule has 0 spiro atoms. The standard InChI is InChI=1S/C25H42N2O.C20H38O2/c1-19(11-12-23-21(3)10-7-15-25(23,4)5)8-6-9-20(2)18-24(28)27-22-13-16-26-17-14-22;1-15(8-6-9-16(2)14-19(21)22)11-12-18-17(3)10-7-13-20(18,4)5/h13-14,16-17,19-21,23H,6-12,15,18H2,1-5H3,(H,26,27,28);15-18H,6-14H2,1-5H3,(H,21,22). The average molecular weight is 697 g/mol. The smallest absolute Gasteiger partial charge is 0.303 e. The molecule has 5 nitrogen and oxygen atoms in total. The molecule has 2 aliphatic carbocycles. The highest BCUT2D eigenvalue weighted by Crippen LogP contribution is 2.47. The number of carboxylic acid groups (broad SMARTS) is 1. The van der Waals surface area contributed by atoms with Crippen molar-refractivity contribution >= 4 is 17.6 Å². The summed E-state index contributed by atoms with van der Waals surface area (Å²) in [5, 5.41) is 11.8. The Balaban J connectivity index is 0.000000358. The Morgan fingerprint density at radius 1 is 0.720 bits per heavy atom. The molecule has 0 bridgehead atoms. The lowest BCUT2D eigenvalue weighted by molar-refractivity contribution is -0.138. The number of hydrogen-bond acceptors (Lipinski definition) is 3. The first-order chi connectivity index (χ1) is 23.5. The number of pyridine rings is 1. The summed E-state index contributed by atoms with van der Waals surface area (Å²) in [4.78, 5) is 26.8. The zero-order valence-electron chi connectivity index (χ0n) is 34.4. The number of nitrogens with zero attached hydrogens (tertiary/aromatic N) is 1. The second-order valence-corrected chi connectivity index (χ2v) is 19.0. The van der Waals surface area contributed by atoms with E-state index in [0.717, 1.165) is 54.0 Å². The molecule has 3 rings (SSSR count). The van der Waals surface area contributed by atoms with Gasteiger partial charge in [-0.25, -0.2) is 0 Å². The molecule has 0 saturated heterocycles. The SMILES string of the molecule is CC(CCCC(C)CC(=O)Nc1ccncc1)CCC1C(C)CCCC1(C)C.CC(CCCC(C)CC(=O)O)CCC1C(C)CCCC1(C)C. The van der Waals surface area contributed by atoms with Crippen LogP contribution in [-0.2, 0) is 9.59 Å². The van der Waals surface area contributed by atoms with Gasteiger partial charge in [0.2, 0.25) is 5.91 Å². The van der Waals surface area contributed by atoms with E-state index < -0.39 is 5.97 Å². The van der Waals surface area contributed by atoms with Crippen LogP contribution in [0.15, 0.2) is 24.5 Å². The summed E-state index contributed by atoms with van der Waals surface area (Å²) in [5.74, 6) is 5.32. The summed E-state index contributed by atoms with van der Waals surface area (Å²) in [6, 6.07) is 3.66. The van der Waals surface area contributed by atoms with Crippen molar-refractivity contribution in [3.05, 3.63) is 24.5 Å². The van der Waals surface area contributed by atoms with E-state index in [1.807, 2.05) is 12.1 Å². The Labute approximate surface area is 309 Å². The summed E-state index contributed by atoms with van der Waals surface area (Å²) in [6.07, 6.45) is 25.4. The summed E-state index contributed by atoms with van der Waals surface area (Å²) < 4.78 is 0.